The molecule has 90 valence electrons. The molecule has 2 heterocycles. The van der Waals surface area contributed by atoms with Gasteiger partial charge in [0.15, 0.2) is 0 Å². The summed E-state index contributed by atoms with van der Waals surface area (Å²) < 4.78 is 5.60. The summed E-state index contributed by atoms with van der Waals surface area (Å²) in [5, 5.41) is 0. The summed E-state index contributed by atoms with van der Waals surface area (Å²) in [6.07, 6.45) is 2.51. The lowest BCUT2D eigenvalue weighted by Crippen LogP contribution is -2.37. The third-order valence-corrected chi connectivity index (χ3v) is 3.76. The molecule has 0 aliphatic carbocycles. The van der Waals surface area contributed by atoms with Gasteiger partial charge in [0.25, 0.3) is 0 Å². The molecule has 3 nitrogen and oxygen atoms in total. The van der Waals surface area contributed by atoms with Gasteiger partial charge in [0.2, 0.25) is 0 Å². The first-order valence-electron chi connectivity index (χ1n) is 6.24. The summed E-state index contributed by atoms with van der Waals surface area (Å²) >= 11 is 0. The Morgan fingerprint density at radius 3 is 2.76 bits per heavy atom. The number of esters is 1. The van der Waals surface area contributed by atoms with Crippen molar-refractivity contribution in [3.8, 4) is 0 Å². The molecule has 2 aliphatic rings. The highest BCUT2D eigenvalue weighted by atomic mass is 16.6. The van der Waals surface area contributed by atoms with E-state index in [1.54, 1.807) is 0 Å². The van der Waals surface area contributed by atoms with E-state index in [1.165, 1.54) is 12.8 Å². The maximum atomic E-state index is 11.8. The minimum Gasteiger partial charge on any atom is -0.449 e. The second kappa shape index (κ2) is 3.84. The van der Waals surface area contributed by atoms with Gasteiger partial charge in [-0.05, 0) is 38.9 Å². The standard InChI is InChI=1S/C14H17NO2/c1-14(10-15-8-4-5-9-15)12-7-3-2-6-11(12)13(16)17-14/h2-3,6-7H,4-5,8-10H2,1H3. The molecular formula is C14H17NO2. The number of fused-ring (bicyclic) bond motifs is 1. The van der Waals surface area contributed by atoms with E-state index in [1.807, 2.05) is 31.2 Å². The van der Waals surface area contributed by atoms with Crippen LogP contribution in [0.25, 0.3) is 0 Å². The van der Waals surface area contributed by atoms with Crippen LogP contribution in [0.5, 0.6) is 0 Å². The summed E-state index contributed by atoms with van der Waals surface area (Å²) in [4.78, 5) is 14.2. The minimum absolute atomic E-state index is 0.178. The van der Waals surface area contributed by atoms with Crippen LogP contribution in [0.15, 0.2) is 24.3 Å². The Kier molecular flexibility index (Phi) is 2.44. The van der Waals surface area contributed by atoms with Gasteiger partial charge in [-0.2, -0.15) is 0 Å². The minimum atomic E-state index is -0.460. The first kappa shape index (κ1) is 10.8. The largest absolute Gasteiger partial charge is 0.449 e. The highest BCUT2D eigenvalue weighted by Crippen LogP contribution is 2.37. The Hall–Kier alpha value is -1.35. The number of cyclic esters (lactones) is 1. The van der Waals surface area contributed by atoms with Gasteiger partial charge in [0, 0.05) is 12.1 Å². The van der Waals surface area contributed by atoms with E-state index < -0.39 is 5.60 Å². The Balaban J connectivity index is 1.90. The van der Waals surface area contributed by atoms with Crippen LogP contribution in [0.3, 0.4) is 0 Å². The zero-order valence-electron chi connectivity index (χ0n) is 10.1. The number of benzene rings is 1. The number of likely N-dealkylation sites (tertiary alicyclic amines) is 1. The van der Waals surface area contributed by atoms with E-state index in [9.17, 15) is 4.79 Å². The highest BCUT2D eigenvalue weighted by Gasteiger charge is 2.42. The lowest BCUT2D eigenvalue weighted by Gasteiger charge is -2.29. The van der Waals surface area contributed by atoms with Gasteiger partial charge in [-0.15, -0.1) is 0 Å². The van der Waals surface area contributed by atoms with Crippen LogP contribution in [0.1, 0.15) is 35.7 Å². The second-order valence-electron chi connectivity index (χ2n) is 5.15. The van der Waals surface area contributed by atoms with E-state index in [2.05, 4.69) is 4.90 Å². The van der Waals surface area contributed by atoms with E-state index in [-0.39, 0.29) is 5.97 Å². The molecule has 0 bridgehead atoms. The predicted octanol–water partition coefficient (Wildman–Crippen LogP) is 2.17. The predicted molar refractivity (Wildman–Crippen MR) is 64.9 cm³/mol. The lowest BCUT2D eigenvalue weighted by molar-refractivity contribution is -0.0133. The molecule has 0 radical (unpaired) electrons. The molecule has 0 saturated carbocycles. The van der Waals surface area contributed by atoms with Crippen molar-refractivity contribution in [2.75, 3.05) is 19.6 Å². The van der Waals surface area contributed by atoms with Gasteiger partial charge in [-0.3, -0.25) is 4.90 Å². The van der Waals surface area contributed by atoms with E-state index in [4.69, 9.17) is 4.74 Å². The highest BCUT2D eigenvalue weighted by molar-refractivity contribution is 5.94. The molecule has 1 aromatic rings. The number of hydrogen-bond donors (Lipinski definition) is 0. The molecule has 3 rings (SSSR count). The van der Waals surface area contributed by atoms with Crippen molar-refractivity contribution in [1.29, 1.82) is 0 Å². The van der Waals surface area contributed by atoms with Gasteiger partial charge in [-0.25, -0.2) is 4.79 Å². The van der Waals surface area contributed by atoms with Crippen LogP contribution < -0.4 is 0 Å². The van der Waals surface area contributed by atoms with Crippen molar-refractivity contribution in [2.45, 2.75) is 25.4 Å². The van der Waals surface area contributed by atoms with Gasteiger partial charge in [0.1, 0.15) is 5.60 Å². The van der Waals surface area contributed by atoms with Crippen molar-refractivity contribution >= 4 is 5.97 Å². The number of rotatable bonds is 2. The average Bonchev–Trinajstić information content (AvgIpc) is 2.89. The van der Waals surface area contributed by atoms with Crippen molar-refractivity contribution in [2.24, 2.45) is 0 Å². The summed E-state index contributed by atoms with van der Waals surface area (Å²) in [6, 6.07) is 7.73. The van der Waals surface area contributed by atoms with E-state index >= 15 is 0 Å². The van der Waals surface area contributed by atoms with Gasteiger partial charge in [-0.1, -0.05) is 18.2 Å². The molecule has 0 spiro atoms. The van der Waals surface area contributed by atoms with Crippen LogP contribution in [0.2, 0.25) is 0 Å². The summed E-state index contributed by atoms with van der Waals surface area (Å²) in [5.74, 6) is -0.178. The van der Waals surface area contributed by atoms with E-state index in [0.29, 0.717) is 0 Å². The molecule has 1 saturated heterocycles. The number of carbonyl (C=O) groups is 1. The molecule has 1 aromatic carbocycles. The average molecular weight is 231 g/mol. The number of hydrogen-bond acceptors (Lipinski definition) is 3. The van der Waals surface area contributed by atoms with Crippen molar-refractivity contribution in [1.82, 2.24) is 4.90 Å². The first-order chi connectivity index (χ1) is 8.19. The second-order valence-corrected chi connectivity index (χ2v) is 5.15. The van der Waals surface area contributed by atoms with Crippen molar-refractivity contribution in [3.05, 3.63) is 35.4 Å². The Morgan fingerprint density at radius 1 is 1.29 bits per heavy atom. The normalized spacial score (nSPS) is 28.2. The summed E-state index contributed by atoms with van der Waals surface area (Å²) in [6.45, 7) is 5.08. The smallest absolute Gasteiger partial charge is 0.339 e. The SMILES string of the molecule is CC1(CN2CCCC2)OC(=O)c2ccccc21. The fourth-order valence-electron chi connectivity index (χ4n) is 2.92. The summed E-state index contributed by atoms with van der Waals surface area (Å²) in [5.41, 5.74) is 1.31. The monoisotopic (exact) mass is 231 g/mol. The van der Waals surface area contributed by atoms with Gasteiger partial charge < -0.3 is 4.74 Å². The number of ether oxygens (including phenoxy) is 1. The summed E-state index contributed by atoms with van der Waals surface area (Å²) in [7, 11) is 0. The molecular weight excluding hydrogens is 214 g/mol. The van der Waals surface area contributed by atoms with Crippen LogP contribution in [0.4, 0.5) is 0 Å². The third kappa shape index (κ3) is 1.75. The molecule has 0 amide bonds. The maximum absolute atomic E-state index is 11.8. The first-order valence-corrected chi connectivity index (χ1v) is 6.24. The van der Waals surface area contributed by atoms with Gasteiger partial charge in [0.05, 0.1) is 5.56 Å². The lowest BCUT2D eigenvalue weighted by atomic mass is 9.93. The Labute approximate surface area is 101 Å². The molecule has 2 aliphatic heterocycles. The fourth-order valence-corrected chi connectivity index (χ4v) is 2.92. The number of carbonyl (C=O) groups excluding carboxylic acids is 1. The zero-order valence-corrected chi connectivity index (χ0v) is 10.1. The maximum Gasteiger partial charge on any atom is 0.339 e. The molecule has 17 heavy (non-hydrogen) atoms. The zero-order chi connectivity index (χ0) is 11.9. The van der Waals surface area contributed by atoms with E-state index in [0.717, 1.165) is 30.8 Å². The molecule has 1 atom stereocenters. The number of nitrogens with zero attached hydrogens (tertiary/aromatic N) is 1. The molecule has 0 N–H and O–H groups in total. The van der Waals surface area contributed by atoms with Crippen LogP contribution in [0, 0.1) is 0 Å². The van der Waals surface area contributed by atoms with Crippen LogP contribution in [-0.4, -0.2) is 30.5 Å². The van der Waals surface area contributed by atoms with Gasteiger partial charge >= 0.3 is 5.97 Å². The quantitative estimate of drug-likeness (QED) is 0.731. The topological polar surface area (TPSA) is 29.5 Å². The van der Waals surface area contributed by atoms with Crippen molar-refractivity contribution < 1.29 is 9.53 Å². The Bertz CT molecular complexity index is 451. The molecule has 1 fully saturated rings. The molecule has 1 unspecified atom stereocenters. The molecule has 0 aromatic heterocycles. The molecule has 3 heteroatoms. The van der Waals surface area contributed by atoms with Crippen LogP contribution in [-0.2, 0) is 10.3 Å². The Morgan fingerprint density at radius 2 is 2.00 bits per heavy atom. The van der Waals surface area contributed by atoms with Crippen molar-refractivity contribution in [3.63, 3.8) is 0 Å². The van der Waals surface area contributed by atoms with Crippen LogP contribution >= 0.6 is 0 Å². The third-order valence-electron chi connectivity index (χ3n) is 3.76. The fraction of sp³-hybridized carbons (Fsp3) is 0.500.